The van der Waals surface area contributed by atoms with Crippen LogP contribution in [0.4, 0.5) is 13.2 Å². The molecule has 3 aromatic rings. The Balaban J connectivity index is 1.93. The third kappa shape index (κ3) is 4.06. The van der Waals surface area contributed by atoms with Crippen LogP contribution in [0.1, 0.15) is 11.1 Å². The molecular formula is C18H13F3N2O2. The molecule has 7 heteroatoms. The number of halogens is 3. The number of aromatic amines is 1. The first kappa shape index (κ1) is 16.8. The summed E-state index contributed by atoms with van der Waals surface area (Å²) in [6.07, 6.45) is -4.58. The highest BCUT2D eigenvalue weighted by molar-refractivity contribution is 5.62. The van der Waals surface area contributed by atoms with E-state index >= 15 is 0 Å². The third-order valence-corrected chi connectivity index (χ3v) is 3.50. The third-order valence-electron chi connectivity index (χ3n) is 3.50. The lowest BCUT2D eigenvalue weighted by molar-refractivity contribution is -0.139. The van der Waals surface area contributed by atoms with Gasteiger partial charge in [-0.2, -0.15) is 18.3 Å². The number of hydrogen-bond donors (Lipinski definition) is 1. The molecule has 1 heterocycles. The Labute approximate surface area is 140 Å². The van der Waals surface area contributed by atoms with E-state index in [2.05, 4.69) is 10.2 Å². The summed E-state index contributed by atoms with van der Waals surface area (Å²) in [5.74, 6) is -0.260. The van der Waals surface area contributed by atoms with E-state index in [4.69, 9.17) is 4.74 Å². The molecule has 4 nitrogen and oxygen atoms in total. The average molecular weight is 346 g/mol. The van der Waals surface area contributed by atoms with E-state index in [1.54, 1.807) is 24.3 Å². The zero-order chi connectivity index (χ0) is 17.9. The van der Waals surface area contributed by atoms with Gasteiger partial charge < -0.3 is 4.74 Å². The molecule has 0 aliphatic heterocycles. The number of rotatable bonds is 4. The molecule has 0 spiro atoms. The van der Waals surface area contributed by atoms with E-state index in [1.165, 1.54) is 24.3 Å². The highest BCUT2D eigenvalue weighted by Gasteiger charge is 2.35. The van der Waals surface area contributed by atoms with Gasteiger partial charge in [0.1, 0.15) is 12.4 Å². The summed E-state index contributed by atoms with van der Waals surface area (Å²) in [6.45, 7) is 0.0279. The largest absolute Gasteiger partial charge is 0.488 e. The number of H-pyrrole nitrogens is 1. The van der Waals surface area contributed by atoms with Crippen LogP contribution in [0.15, 0.2) is 65.5 Å². The predicted octanol–water partition coefficient (Wildman–Crippen LogP) is 4.03. The van der Waals surface area contributed by atoms with Crippen molar-refractivity contribution in [3.05, 3.63) is 82.1 Å². The number of nitrogens with one attached hydrogen (secondary N) is 1. The van der Waals surface area contributed by atoms with Crippen LogP contribution >= 0.6 is 0 Å². The Morgan fingerprint density at radius 2 is 1.76 bits per heavy atom. The standard InChI is InChI=1S/C18H13F3N2O2/c19-18(20,21)14-10-13(15-7-9-17(24)23-22-15)6-8-16(14)25-11-12-4-2-1-3-5-12/h1-10H,11H2,(H,23,24). The second-order valence-electron chi connectivity index (χ2n) is 5.29. The van der Waals surface area contributed by atoms with E-state index in [9.17, 15) is 18.0 Å². The fourth-order valence-corrected chi connectivity index (χ4v) is 2.28. The van der Waals surface area contributed by atoms with Gasteiger partial charge in [-0.25, -0.2) is 5.10 Å². The Morgan fingerprint density at radius 1 is 1.00 bits per heavy atom. The van der Waals surface area contributed by atoms with Gasteiger partial charge >= 0.3 is 6.18 Å². The molecule has 0 atom stereocenters. The van der Waals surface area contributed by atoms with Gasteiger partial charge in [0.05, 0.1) is 11.3 Å². The van der Waals surface area contributed by atoms with Crippen molar-refractivity contribution in [3.63, 3.8) is 0 Å². The predicted molar refractivity (Wildman–Crippen MR) is 86.1 cm³/mol. The van der Waals surface area contributed by atoms with Gasteiger partial charge in [-0.1, -0.05) is 30.3 Å². The van der Waals surface area contributed by atoms with E-state index in [1.807, 2.05) is 6.07 Å². The SMILES string of the molecule is O=c1ccc(-c2ccc(OCc3ccccc3)c(C(F)(F)F)c2)n[nH]1. The molecule has 0 amide bonds. The maximum absolute atomic E-state index is 13.4. The lowest BCUT2D eigenvalue weighted by Gasteiger charge is -2.15. The summed E-state index contributed by atoms with van der Waals surface area (Å²) in [5.41, 5.74) is -0.0890. The van der Waals surface area contributed by atoms with Crippen molar-refractivity contribution in [2.75, 3.05) is 0 Å². The van der Waals surface area contributed by atoms with Gasteiger partial charge in [0.2, 0.25) is 0 Å². The maximum atomic E-state index is 13.4. The fourth-order valence-electron chi connectivity index (χ4n) is 2.28. The van der Waals surface area contributed by atoms with Crippen LogP contribution < -0.4 is 10.3 Å². The molecule has 0 bridgehead atoms. The van der Waals surface area contributed by atoms with E-state index in [-0.39, 0.29) is 23.6 Å². The number of alkyl halides is 3. The van der Waals surface area contributed by atoms with Crippen molar-refractivity contribution in [1.29, 1.82) is 0 Å². The van der Waals surface area contributed by atoms with E-state index in [0.29, 0.717) is 0 Å². The first-order chi connectivity index (χ1) is 11.9. The normalized spacial score (nSPS) is 11.3. The second kappa shape index (κ2) is 6.80. The Bertz CT molecular complexity index is 901. The summed E-state index contributed by atoms with van der Waals surface area (Å²) in [7, 11) is 0. The monoisotopic (exact) mass is 346 g/mol. The quantitative estimate of drug-likeness (QED) is 0.776. The Kier molecular flexibility index (Phi) is 4.56. The molecular weight excluding hydrogens is 333 g/mol. The van der Waals surface area contributed by atoms with Crippen molar-refractivity contribution in [2.24, 2.45) is 0 Å². The molecule has 0 fully saturated rings. The van der Waals surface area contributed by atoms with Gasteiger partial charge in [-0.3, -0.25) is 4.79 Å². The van der Waals surface area contributed by atoms with Crippen LogP contribution in [0.3, 0.4) is 0 Å². The van der Waals surface area contributed by atoms with Gasteiger partial charge in [-0.15, -0.1) is 0 Å². The zero-order valence-electron chi connectivity index (χ0n) is 12.9. The number of hydrogen-bond acceptors (Lipinski definition) is 3. The fraction of sp³-hybridized carbons (Fsp3) is 0.111. The molecule has 0 aliphatic carbocycles. The zero-order valence-corrected chi connectivity index (χ0v) is 12.9. The molecule has 1 aromatic heterocycles. The molecule has 0 aliphatic rings. The molecule has 0 unspecified atom stereocenters. The number of nitrogens with zero attached hydrogens (tertiary/aromatic N) is 1. The van der Waals surface area contributed by atoms with Crippen molar-refractivity contribution in [3.8, 4) is 17.0 Å². The molecule has 0 saturated heterocycles. The van der Waals surface area contributed by atoms with Crippen molar-refractivity contribution in [2.45, 2.75) is 12.8 Å². The molecule has 0 radical (unpaired) electrons. The minimum Gasteiger partial charge on any atom is -0.488 e. The Morgan fingerprint density at radius 3 is 2.40 bits per heavy atom. The van der Waals surface area contributed by atoms with Gasteiger partial charge in [0.15, 0.2) is 0 Å². The highest BCUT2D eigenvalue weighted by atomic mass is 19.4. The molecule has 2 aromatic carbocycles. The van der Waals surface area contributed by atoms with Crippen LogP contribution in [0.2, 0.25) is 0 Å². The number of aromatic nitrogens is 2. The summed E-state index contributed by atoms with van der Waals surface area (Å²) < 4.78 is 45.5. The van der Waals surface area contributed by atoms with Crippen molar-refractivity contribution in [1.82, 2.24) is 10.2 Å². The summed E-state index contributed by atoms with van der Waals surface area (Å²) in [6, 6.07) is 15.2. The molecule has 128 valence electrons. The van der Waals surface area contributed by atoms with Crippen LogP contribution in [0.5, 0.6) is 5.75 Å². The first-order valence-corrected chi connectivity index (χ1v) is 7.37. The molecule has 3 rings (SSSR count). The van der Waals surface area contributed by atoms with Crippen molar-refractivity contribution >= 4 is 0 Å². The molecule has 1 N–H and O–H groups in total. The highest BCUT2D eigenvalue weighted by Crippen LogP contribution is 2.38. The van der Waals surface area contributed by atoms with E-state index in [0.717, 1.165) is 11.6 Å². The lowest BCUT2D eigenvalue weighted by Crippen LogP contribution is -2.10. The van der Waals surface area contributed by atoms with Crippen molar-refractivity contribution < 1.29 is 17.9 Å². The Hall–Kier alpha value is -3.09. The van der Waals surface area contributed by atoms with Gasteiger partial charge in [-0.05, 0) is 29.8 Å². The summed E-state index contributed by atoms with van der Waals surface area (Å²) in [4.78, 5) is 11.0. The molecule has 25 heavy (non-hydrogen) atoms. The van der Waals surface area contributed by atoms with Gasteiger partial charge in [0, 0.05) is 11.6 Å². The number of ether oxygens (including phenoxy) is 1. The van der Waals surface area contributed by atoms with Crippen LogP contribution in [-0.2, 0) is 12.8 Å². The summed E-state index contributed by atoms with van der Waals surface area (Å²) in [5, 5.41) is 5.95. The molecule has 0 saturated carbocycles. The smallest absolute Gasteiger partial charge is 0.419 e. The number of benzene rings is 2. The summed E-state index contributed by atoms with van der Waals surface area (Å²) >= 11 is 0. The van der Waals surface area contributed by atoms with Crippen LogP contribution in [0, 0.1) is 0 Å². The second-order valence-corrected chi connectivity index (χ2v) is 5.29. The minimum absolute atomic E-state index is 0.0279. The van der Waals surface area contributed by atoms with Gasteiger partial charge in [0.25, 0.3) is 5.56 Å². The first-order valence-electron chi connectivity index (χ1n) is 7.37. The van der Waals surface area contributed by atoms with E-state index < -0.39 is 17.3 Å². The average Bonchev–Trinajstić information content (AvgIpc) is 2.61. The van der Waals surface area contributed by atoms with Crippen LogP contribution in [-0.4, -0.2) is 10.2 Å². The minimum atomic E-state index is -4.58. The lowest BCUT2D eigenvalue weighted by atomic mass is 10.1. The maximum Gasteiger partial charge on any atom is 0.419 e. The topological polar surface area (TPSA) is 55.0 Å². The van der Waals surface area contributed by atoms with Crippen LogP contribution in [0.25, 0.3) is 11.3 Å².